The van der Waals surface area contributed by atoms with Gasteiger partial charge in [0.2, 0.25) is 0 Å². The van der Waals surface area contributed by atoms with Gasteiger partial charge in [0, 0.05) is 18.8 Å². The Morgan fingerprint density at radius 1 is 0.850 bits per heavy atom. The Labute approximate surface area is 245 Å². The van der Waals surface area contributed by atoms with Crippen molar-refractivity contribution < 1.29 is 19.0 Å². The lowest BCUT2D eigenvalue weighted by Crippen LogP contribution is -2.55. The SMILES string of the molecule is CCCCCCCCC(=O)O[C@@H]1CC[C@]2(C)[C@H](CC[C@H]3[C@H]4C[C@@H]5O[C@]6(CC[C@H](C)CO6)[C@@H](C)[C@@H]5[C@]4(C)CC[C@@H]32)C1. The van der Waals surface area contributed by atoms with Gasteiger partial charge in [-0.05, 0) is 111 Å². The first-order valence-electron chi connectivity index (χ1n) is 17.7. The molecule has 2 saturated heterocycles. The zero-order valence-electron chi connectivity index (χ0n) is 26.6. The van der Waals surface area contributed by atoms with E-state index in [1.807, 2.05) is 0 Å². The van der Waals surface area contributed by atoms with Gasteiger partial charge in [-0.15, -0.1) is 0 Å². The molecule has 0 amide bonds. The second kappa shape index (κ2) is 11.5. The summed E-state index contributed by atoms with van der Waals surface area (Å²) in [5, 5.41) is 0. The van der Waals surface area contributed by atoms with Crippen LogP contribution in [0.2, 0.25) is 0 Å². The van der Waals surface area contributed by atoms with Crippen LogP contribution in [-0.2, 0) is 19.0 Å². The molecule has 4 saturated carbocycles. The van der Waals surface area contributed by atoms with Crippen LogP contribution < -0.4 is 0 Å². The van der Waals surface area contributed by atoms with Gasteiger partial charge in [0.05, 0.1) is 12.7 Å². The summed E-state index contributed by atoms with van der Waals surface area (Å²) in [4.78, 5) is 12.6. The van der Waals surface area contributed by atoms with E-state index < -0.39 is 0 Å². The number of esters is 1. The number of unbranched alkanes of at least 4 members (excludes halogenated alkanes) is 5. The van der Waals surface area contributed by atoms with Gasteiger partial charge >= 0.3 is 5.97 Å². The van der Waals surface area contributed by atoms with Crippen LogP contribution in [-0.4, -0.2) is 30.6 Å². The molecule has 1 spiro atoms. The maximum atomic E-state index is 12.6. The maximum Gasteiger partial charge on any atom is 0.306 e. The van der Waals surface area contributed by atoms with Crippen LogP contribution in [0.5, 0.6) is 0 Å². The monoisotopic (exact) mass is 556 g/mol. The Balaban J connectivity index is 1.05. The molecule has 2 aliphatic heterocycles. The van der Waals surface area contributed by atoms with Gasteiger partial charge in [0.15, 0.2) is 5.79 Å². The molecular formula is C36H60O4. The quantitative estimate of drug-likeness (QED) is 0.221. The molecule has 0 bridgehead atoms. The van der Waals surface area contributed by atoms with Gasteiger partial charge in [-0.2, -0.15) is 0 Å². The molecule has 6 rings (SSSR count). The van der Waals surface area contributed by atoms with Crippen LogP contribution in [0.15, 0.2) is 0 Å². The molecule has 40 heavy (non-hydrogen) atoms. The van der Waals surface area contributed by atoms with Crippen molar-refractivity contribution in [1.29, 1.82) is 0 Å². The molecule has 4 nitrogen and oxygen atoms in total. The molecular weight excluding hydrogens is 496 g/mol. The summed E-state index contributed by atoms with van der Waals surface area (Å²) < 4.78 is 19.6. The zero-order valence-corrected chi connectivity index (χ0v) is 26.6. The molecule has 228 valence electrons. The molecule has 0 unspecified atom stereocenters. The van der Waals surface area contributed by atoms with E-state index in [2.05, 4.69) is 34.6 Å². The molecule has 2 heterocycles. The molecule has 0 radical (unpaired) electrons. The minimum Gasteiger partial charge on any atom is -0.462 e. The lowest BCUT2D eigenvalue weighted by molar-refractivity contribution is -0.273. The van der Waals surface area contributed by atoms with Gasteiger partial charge in [0.1, 0.15) is 6.10 Å². The van der Waals surface area contributed by atoms with Crippen molar-refractivity contribution in [3.05, 3.63) is 0 Å². The van der Waals surface area contributed by atoms with Crippen molar-refractivity contribution in [2.45, 2.75) is 162 Å². The first kappa shape index (κ1) is 29.5. The standard InChI is InChI=1S/C36H60O4/c1-6-7-8-9-10-11-12-32(37)39-27-16-18-34(4)26(21-27)13-14-28-29(34)17-19-35(5)30(28)22-31-33(35)25(3)36(40-31)20-15-24(2)23-38-36/h24-31,33H,6-23H2,1-5H3/t24-,25-,26+,27+,28+,29-,30+,31-,33-,34+,35+,36+/m0/s1. The van der Waals surface area contributed by atoms with E-state index in [1.165, 1.54) is 77.0 Å². The van der Waals surface area contributed by atoms with Crippen LogP contribution in [0.1, 0.15) is 144 Å². The largest absolute Gasteiger partial charge is 0.462 e. The van der Waals surface area contributed by atoms with E-state index in [4.69, 9.17) is 14.2 Å². The lowest BCUT2D eigenvalue weighted by atomic mass is 9.44. The van der Waals surface area contributed by atoms with Gasteiger partial charge in [-0.25, -0.2) is 0 Å². The summed E-state index contributed by atoms with van der Waals surface area (Å²) in [6.07, 6.45) is 20.9. The van der Waals surface area contributed by atoms with E-state index in [0.717, 1.165) is 56.0 Å². The molecule has 12 atom stereocenters. The number of ether oxygens (including phenoxy) is 3. The van der Waals surface area contributed by atoms with E-state index in [-0.39, 0.29) is 17.9 Å². The highest BCUT2D eigenvalue weighted by molar-refractivity contribution is 5.69. The molecule has 4 aliphatic carbocycles. The van der Waals surface area contributed by atoms with E-state index in [1.54, 1.807) is 0 Å². The number of hydrogen-bond acceptors (Lipinski definition) is 4. The first-order chi connectivity index (χ1) is 19.2. The molecule has 4 heteroatoms. The van der Waals surface area contributed by atoms with Crippen LogP contribution in [0.3, 0.4) is 0 Å². The minimum absolute atomic E-state index is 0.0620. The molecule has 6 aliphatic rings. The fourth-order valence-corrected chi connectivity index (χ4v) is 11.6. The Hall–Kier alpha value is -0.610. The number of hydrogen-bond donors (Lipinski definition) is 0. The van der Waals surface area contributed by atoms with Gasteiger partial charge in [-0.1, -0.05) is 66.7 Å². The van der Waals surface area contributed by atoms with Gasteiger partial charge in [0.25, 0.3) is 0 Å². The van der Waals surface area contributed by atoms with E-state index in [9.17, 15) is 4.79 Å². The smallest absolute Gasteiger partial charge is 0.306 e. The number of fused-ring (bicyclic) bond motifs is 7. The fraction of sp³-hybridized carbons (Fsp3) is 0.972. The molecule has 0 aromatic carbocycles. The van der Waals surface area contributed by atoms with Crippen molar-refractivity contribution in [2.24, 2.45) is 52.3 Å². The average Bonchev–Trinajstić information content (AvgIpc) is 3.38. The highest BCUT2D eigenvalue weighted by Crippen LogP contribution is 2.71. The summed E-state index contributed by atoms with van der Waals surface area (Å²) in [5.41, 5.74) is 0.814. The molecule has 0 aromatic heterocycles. The number of carbonyl (C=O) groups excluding carboxylic acids is 1. The van der Waals surface area contributed by atoms with Crippen LogP contribution in [0.4, 0.5) is 0 Å². The van der Waals surface area contributed by atoms with Crippen molar-refractivity contribution in [3.63, 3.8) is 0 Å². The Kier molecular flexibility index (Phi) is 8.45. The van der Waals surface area contributed by atoms with Crippen molar-refractivity contribution >= 4 is 5.97 Å². The van der Waals surface area contributed by atoms with Crippen LogP contribution >= 0.6 is 0 Å². The third-order valence-corrected chi connectivity index (χ3v) is 13.9. The van der Waals surface area contributed by atoms with Crippen molar-refractivity contribution in [3.8, 4) is 0 Å². The van der Waals surface area contributed by atoms with Crippen molar-refractivity contribution in [2.75, 3.05) is 6.61 Å². The third kappa shape index (κ3) is 5.01. The van der Waals surface area contributed by atoms with Gasteiger partial charge in [-0.3, -0.25) is 4.79 Å². The average molecular weight is 557 g/mol. The summed E-state index contributed by atoms with van der Waals surface area (Å²) in [6, 6.07) is 0. The number of rotatable bonds is 8. The molecule has 0 N–H and O–H groups in total. The summed E-state index contributed by atoms with van der Waals surface area (Å²) in [5.74, 6) is 4.77. The summed E-state index contributed by atoms with van der Waals surface area (Å²) >= 11 is 0. The predicted molar refractivity (Wildman–Crippen MR) is 160 cm³/mol. The van der Waals surface area contributed by atoms with Crippen LogP contribution in [0, 0.1) is 52.3 Å². The second-order valence-electron chi connectivity index (χ2n) is 16.1. The van der Waals surface area contributed by atoms with E-state index >= 15 is 0 Å². The second-order valence-corrected chi connectivity index (χ2v) is 16.1. The van der Waals surface area contributed by atoms with Gasteiger partial charge < -0.3 is 14.2 Å². The predicted octanol–water partition coefficient (Wildman–Crippen LogP) is 9.10. The lowest BCUT2D eigenvalue weighted by Gasteiger charge is -2.61. The third-order valence-electron chi connectivity index (χ3n) is 13.9. The molecule has 0 aromatic rings. The highest BCUT2D eigenvalue weighted by Gasteiger charge is 2.69. The van der Waals surface area contributed by atoms with Crippen molar-refractivity contribution in [1.82, 2.24) is 0 Å². The van der Waals surface area contributed by atoms with E-state index in [0.29, 0.717) is 41.1 Å². The minimum atomic E-state index is -0.304. The topological polar surface area (TPSA) is 44.8 Å². The fourth-order valence-electron chi connectivity index (χ4n) is 11.6. The first-order valence-corrected chi connectivity index (χ1v) is 17.7. The summed E-state index contributed by atoms with van der Waals surface area (Å²) in [6.45, 7) is 13.2. The Morgan fingerprint density at radius 3 is 2.40 bits per heavy atom. The highest BCUT2D eigenvalue weighted by atomic mass is 16.7. The number of carbonyl (C=O) groups is 1. The zero-order chi connectivity index (χ0) is 28.1. The van der Waals surface area contributed by atoms with Crippen LogP contribution in [0.25, 0.3) is 0 Å². The maximum absolute atomic E-state index is 12.6. The molecule has 6 fully saturated rings. The Morgan fingerprint density at radius 2 is 1.62 bits per heavy atom. The summed E-state index contributed by atoms with van der Waals surface area (Å²) in [7, 11) is 0. The Bertz CT molecular complexity index is 893. The normalized spacial score (nSPS) is 49.7.